The molecule has 6 nitrogen and oxygen atoms in total. The molecule has 2 N–H and O–H groups in total. The SMILES string of the molecule is COc1ccc(-c2cscc2NC(CC(C)C)C(=O)NCC#N)cc1OC. The Morgan fingerprint density at radius 1 is 1.22 bits per heavy atom. The number of carbonyl (C=O) groups excluding carboxylic acids is 1. The van der Waals surface area contributed by atoms with Crippen LogP contribution in [0.2, 0.25) is 0 Å². The van der Waals surface area contributed by atoms with Crippen LogP contribution >= 0.6 is 11.3 Å². The van der Waals surface area contributed by atoms with Gasteiger partial charge in [0.15, 0.2) is 11.5 Å². The van der Waals surface area contributed by atoms with Gasteiger partial charge in [-0.05, 0) is 30.0 Å². The highest BCUT2D eigenvalue weighted by Gasteiger charge is 2.21. The fraction of sp³-hybridized carbons (Fsp3) is 0.400. The monoisotopic (exact) mass is 387 g/mol. The van der Waals surface area contributed by atoms with Gasteiger partial charge in [0.2, 0.25) is 5.91 Å². The van der Waals surface area contributed by atoms with Crippen LogP contribution in [0.5, 0.6) is 11.5 Å². The van der Waals surface area contributed by atoms with Crippen LogP contribution < -0.4 is 20.1 Å². The number of ether oxygens (including phenoxy) is 2. The molecule has 1 amide bonds. The Labute approximate surface area is 164 Å². The third-order valence-corrected chi connectivity index (χ3v) is 4.80. The Hall–Kier alpha value is -2.72. The van der Waals surface area contributed by atoms with Gasteiger partial charge in [-0.2, -0.15) is 5.26 Å². The largest absolute Gasteiger partial charge is 0.493 e. The number of amides is 1. The summed E-state index contributed by atoms with van der Waals surface area (Å²) in [5, 5.41) is 18.7. The van der Waals surface area contributed by atoms with Gasteiger partial charge in [0.1, 0.15) is 12.6 Å². The molecule has 0 radical (unpaired) electrons. The van der Waals surface area contributed by atoms with Crippen molar-refractivity contribution in [2.75, 3.05) is 26.1 Å². The molecule has 0 saturated carbocycles. The second-order valence-corrected chi connectivity index (χ2v) is 7.21. The van der Waals surface area contributed by atoms with Gasteiger partial charge in [-0.1, -0.05) is 19.9 Å². The van der Waals surface area contributed by atoms with Gasteiger partial charge in [0.25, 0.3) is 0 Å². The molecular weight excluding hydrogens is 362 g/mol. The van der Waals surface area contributed by atoms with Crippen LogP contribution in [0.15, 0.2) is 29.0 Å². The second kappa shape index (κ2) is 9.83. The molecule has 2 rings (SSSR count). The third kappa shape index (κ3) is 5.38. The Balaban J connectivity index is 2.28. The quantitative estimate of drug-likeness (QED) is 0.638. The summed E-state index contributed by atoms with van der Waals surface area (Å²) < 4.78 is 10.7. The van der Waals surface area contributed by atoms with Crippen molar-refractivity contribution in [2.24, 2.45) is 5.92 Å². The molecule has 0 aliphatic heterocycles. The summed E-state index contributed by atoms with van der Waals surface area (Å²) in [6.45, 7) is 4.13. The van der Waals surface area contributed by atoms with Crippen molar-refractivity contribution >= 4 is 22.9 Å². The van der Waals surface area contributed by atoms with E-state index in [1.54, 1.807) is 25.6 Å². The number of thiophene rings is 1. The van der Waals surface area contributed by atoms with Crippen molar-refractivity contribution in [3.63, 3.8) is 0 Å². The molecule has 0 saturated heterocycles. The summed E-state index contributed by atoms with van der Waals surface area (Å²) >= 11 is 1.56. The minimum Gasteiger partial charge on any atom is -0.493 e. The lowest BCUT2D eigenvalue weighted by Crippen LogP contribution is -2.40. The number of nitrogens with one attached hydrogen (secondary N) is 2. The highest BCUT2D eigenvalue weighted by molar-refractivity contribution is 7.08. The molecule has 1 atom stereocenters. The maximum Gasteiger partial charge on any atom is 0.243 e. The van der Waals surface area contributed by atoms with E-state index in [2.05, 4.69) is 24.5 Å². The molecule has 1 unspecified atom stereocenters. The number of nitriles is 1. The van der Waals surface area contributed by atoms with Crippen molar-refractivity contribution < 1.29 is 14.3 Å². The number of carbonyl (C=O) groups is 1. The number of hydrogen-bond acceptors (Lipinski definition) is 6. The number of methoxy groups -OCH3 is 2. The van der Waals surface area contributed by atoms with Crippen molar-refractivity contribution in [3.8, 4) is 28.7 Å². The first-order chi connectivity index (χ1) is 13.0. The number of benzene rings is 1. The molecule has 27 heavy (non-hydrogen) atoms. The predicted molar refractivity (Wildman–Crippen MR) is 108 cm³/mol. The molecule has 0 fully saturated rings. The van der Waals surface area contributed by atoms with Gasteiger partial charge < -0.3 is 20.1 Å². The number of rotatable bonds is 9. The summed E-state index contributed by atoms with van der Waals surface area (Å²) in [6.07, 6.45) is 0.665. The lowest BCUT2D eigenvalue weighted by atomic mass is 10.0. The van der Waals surface area contributed by atoms with Crippen molar-refractivity contribution in [1.29, 1.82) is 5.26 Å². The first kappa shape index (κ1) is 20.6. The highest BCUT2D eigenvalue weighted by Crippen LogP contribution is 2.37. The molecule has 7 heteroatoms. The lowest BCUT2D eigenvalue weighted by molar-refractivity contribution is -0.121. The second-order valence-electron chi connectivity index (χ2n) is 6.47. The van der Waals surface area contributed by atoms with Crippen LogP contribution in [0.3, 0.4) is 0 Å². The molecule has 1 aromatic heterocycles. The molecule has 2 aromatic rings. The maximum absolute atomic E-state index is 12.4. The molecule has 0 aliphatic rings. The Morgan fingerprint density at radius 2 is 1.96 bits per heavy atom. The topological polar surface area (TPSA) is 83.4 Å². The average Bonchev–Trinajstić information content (AvgIpc) is 3.12. The molecular formula is C20H25N3O3S. The Kier molecular flexibility index (Phi) is 7.50. The molecule has 0 bridgehead atoms. The predicted octanol–water partition coefficient (Wildman–Crippen LogP) is 3.90. The highest BCUT2D eigenvalue weighted by atomic mass is 32.1. The Bertz CT molecular complexity index is 811. The van der Waals surface area contributed by atoms with Gasteiger partial charge in [-0.3, -0.25) is 4.79 Å². The molecule has 0 spiro atoms. The minimum atomic E-state index is -0.410. The van der Waals surface area contributed by atoms with Crippen LogP contribution in [0.1, 0.15) is 20.3 Å². The molecule has 0 aliphatic carbocycles. The zero-order valence-electron chi connectivity index (χ0n) is 16.0. The molecule has 1 heterocycles. The summed E-state index contributed by atoms with van der Waals surface area (Å²) in [7, 11) is 3.21. The van der Waals surface area contributed by atoms with E-state index in [1.165, 1.54) is 0 Å². The van der Waals surface area contributed by atoms with E-state index in [0.717, 1.165) is 16.8 Å². The summed E-state index contributed by atoms with van der Waals surface area (Å²) in [4.78, 5) is 12.4. The van der Waals surface area contributed by atoms with E-state index in [0.29, 0.717) is 23.8 Å². The maximum atomic E-state index is 12.4. The first-order valence-corrected chi connectivity index (χ1v) is 9.64. The fourth-order valence-corrected chi connectivity index (χ4v) is 3.57. The van der Waals surface area contributed by atoms with Gasteiger partial charge in [0, 0.05) is 16.3 Å². The fourth-order valence-electron chi connectivity index (χ4n) is 2.78. The normalized spacial score (nSPS) is 11.6. The zero-order valence-corrected chi connectivity index (χ0v) is 16.9. The van der Waals surface area contributed by atoms with Crippen LogP contribution in [0.25, 0.3) is 11.1 Å². The van der Waals surface area contributed by atoms with E-state index in [9.17, 15) is 4.79 Å². The standard InChI is InChI=1S/C20H25N3O3S/c1-13(2)9-16(20(24)22-8-7-21)23-17-12-27-11-15(17)14-5-6-18(25-3)19(10-14)26-4/h5-6,10-13,16,23H,8-9H2,1-4H3,(H,22,24). The van der Waals surface area contributed by atoms with Gasteiger partial charge in [0.05, 0.1) is 26.0 Å². The molecule has 144 valence electrons. The average molecular weight is 388 g/mol. The van der Waals surface area contributed by atoms with Crippen LogP contribution in [-0.4, -0.2) is 32.7 Å². The lowest BCUT2D eigenvalue weighted by Gasteiger charge is -2.21. The van der Waals surface area contributed by atoms with Crippen LogP contribution in [-0.2, 0) is 4.79 Å². The van der Waals surface area contributed by atoms with E-state index in [1.807, 2.05) is 35.0 Å². The van der Waals surface area contributed by atoms with E-state index >= 15 is 0 Å². The van der Waals surface area contributed by atoms with Crippen LogP contribution in [0.4, 0.5) is 5.69 Å². The summed E-state index contributed by atoms with van der Waals surface area (Å²) in [5.41, 5.74) is 2.84. The number of hydrogen-bond donors (Lipinski definition) is 2. The van der Waals surface area contributed by atoms with Crippen LogP contribution in [0, 0.1) is 17.2 Å². The summed E-state index contributed by atoms with van der Waals surface area (Å²) in [6, 6.07) is 7.27. The van der Waals surface area contributed by atoms with Crippen molar-refractivity contribution in [2.45, 2.75) is 26.3 Å². The van der Waals surface area contributed by atoms with E-state index < -0.39 is 6.04 Å². The molecule has 1 aromatic carbocycles. The van der Waals surface area contributed by atoms with Crippen molar-refractivity contribution in [1.82, 2.24) is 5.32 Å². The first-order valence-electron chi connectivity index (χ1n) is 8.69. The third-order valence-electron chi connectivity index (χ3n) is 4.05. The van der Waals surface area contributed by atoms with E-state index in [4.69, 9.17) is 14.7 Å². The summed E-state index contributed by atoms with van der Waals surface area (Å²) in [5.74, 6) is 1.48. The number of nitrogens with zero attached hydrogens (tertiary/aromatic N) is 1. The van der Waals surface area contributed by atoms with Gasteiger partial charge >= 0.3 is 0 Å². The van der Waals surface area contributed by atoms with E-state index in [-0.39, 0.29) is 12.5 Å². The number of anilines is 1. The van der Waals surface area contributed by atoms with Crippen molar-refractivity contribution in [3.05, 3.63) is 29.0 Å². The zero-order chi connectivity index (χ0) is 19.8. The minimum absolute atomic E-state index is 0.00127. The smallest absolute Gasteiger partial charge is 0.243 e. The van der Waals surface area contributed by atoms with Gasteiger partial charge in [-0.15, -0.1) is 11.3 Å². The van der Waals surface area contributed by atoms with Gasteiger partial charge in [-0.25, -0.2) is 0 Å². The Morgan fingerprint density at radius 3 is 2.59 bits per heavy atom.